The maximum atomic E-state index is 9.06. The Kier molecular flexibility index (Phi) is 5.80. The van der Waals surface area contributed by atoms with Crippen LogP contribution in [-0.4, -0.2) is 46.0 Å². The molecule has 0 unspecified atom stereocenters. The standard InChI is InChI=1S/C12H22N4O2/c1-4-13-10-5-11(14-9(6-17)7-18)16-12(15-10)8(2)3/h5,8-9,17-18H,4,6-7H2,1-3H3,(H2,13,14,15,16). The number of hydrogen-bond donors (Lipinski definition) is 4. The van der Waals surface area contributed by atoms with E-state index in [-0.39, 0.29) is 19.1 Å². The fourth-order valence-electron chi connectivity index (χ4n) is 1.43. The van der Waals surface area contributed by atoms with E-state index in [1.54, 1.807) is 6.07 Å². The molecular weight excluding hydrogens is 232 g/mol. The molecule has 1 rings (SSSR count). The van der Waals surface area contributed by atoms with Crippen LogP contribution < -0.4 is 10.6 Å². The highest BCUT2D eigenvalue weighted by Gasteiger charge is 2.11. The Labute approximate surface area is 107 Å². The molecule has 0 fully saturated rings. The summed E-state index contributed by atoms with van der Waals surface area (Å²) in [5, 5.41) is 24.2. The maximum Gasteiger partial charge on any atom is 0.135 e. The maximum absolute atomic E-state index is 9.06. The summed E-state index contributed by atoms with van der Waals surface area (Å²) in [7, 11) is 0. The van der Waals surface area contributed by atoms with Crippen LogP contribution in [0.4, 0.5) is 11.6 Å². The second-order valence-corrected chi connectivity index (χ2v) is 4.39. The Balaban J connectivity index is 2.95. The van der Waals surface area contributed by atoms with E-state index >= 15 is 0 Å². The quantitative estimate of drug-likeness (QED) is 0.575. The first-order chi connectivity index (χ1) is 8.60. The van der Waals surface area contributed by atoms with E-state index in [0.29, 0.717) is 5.82 Å². The monoisotopic (exact) mass is 254 g/mol. The van der Waals surface area contributed by atoms with Crippen molar-refractivity contribution in [1.82, 2.24) is 9.97 Å². The zero-order chi connectivity index (χ0) is 13.5. The van der Waals surface area contributed by atoms with Gasteiger partial charge in [0, 0.05) is 18.5 Å². The van der Waals surface area contributed by atoms with E-state index in [1.165, 1.54) is 0 Å². The number of aliphatic hydroxyl groups is 2. The SMILES string of the molecule is CCNc1cc(NC(CO)CO)nc(C(C)C)n1. The second kappa shape index (κ2) is 7.13. The van der Waals surface area contributed by atoms with Gasteiger partial charge in [-0.25, -0.2) is 9.97 Å². The zero-order valence-corrected chi connectivity index (χ0v) is 11.1. The van der Waals surface area contributed by atoms with Crippen LogP contribution in [0, 0.1) is 0 Å². The van der Waals surface area contributed by atoms with E-state index in [9.17, 15) is 0 Å². The number of hydrogen-bond acceptors (Lipinski definition) is 6. The largest absolute Gasteiger partial charge is 0.394 e. The molecule has 0 aliphatic carbocycles. The van der Waals surface area contributed by atoms with Gasteiger partial charge >= 0.3 is 0 Å². The third-order valence-electron chi connectivity index (χ3n) is 2.41. The van der Waals surface area contributed by atoms with Crippen molar-refractivity contribution < 1.29 is 10.2 Å². The Morgan fingerprint density at radius 1 is 1.17 bits per heavy atom. The van der Waals surface area contributed by atoms with Crippen molar-refractivity contribution in [2.24, 2.45) is 0 Å². The van der Waals surface area contributed by atoms with Gasteiger partial charge in [-0.15, -0.1) is 0 Å². The number of aromatic nitrogens is 2. The molecule has 0 radical (unpaired) electrons. The molecule has 6 heteroatoms. The number of aliphatic hydroxyl groups excluding tert-OH is 2. The smallest absolute Gasteiger partial charge is 0.135 e. The summed E-state index contributed by atoms with van der Waals surface area (Å²) in [5.74, 6) is 2.29. The average molecular weight is 254 g/mol. The van der Waals surface area contributed by atoms with Crippen molar-refractivity contribution in [2.45, 2.75) is 32.7 Å². The third kappa shape index (κ3) is 4.12. The van der Waals surface area contributed by atoms with Crippen LogP contribution in [0.5, 0.6) is 0 Å². The van der Waals surface area contributed by atoms with E-state index < -0.39 is 6.04 Å². The molecule has 0 bridgehead atoms. The Morgan fingerprint density at radius 3 is 2.28 bits per heavy atom. The van der Waals surface area contributed by atoms with Gasteiger partial charge in [0.05, 0.1) is 19.3 Å². The minimum atomic E-state index is -0.408. The molecule has 0 atom stereocenters. The molecule has 0 aromatic carbocycles. The molecule has 0 spiro atoms. The molecule has 6 nitrogen and oxygen atoms in total. The second-order valence-electron chi connectivity index (χ2n) is 4.39. The molecule has 1 aromatic heterocycles. The molecule has 4 N–H and O–H groups in total. The molecule has 0 saturated carbocycles. The van der Waals surface area contributed by atoms with E-state index in [4.69, 9.17) is 10.2 Å². The van der Waals surface area contributed by atoms with Crippen LogP contribution >= 0.6 is 0 Å². The summed E-state index contributed by atoms with van der Waals surface area (Å²) < 4.78 is 0. The normalized spacial score (nSPS) is 11.1. The van der Waals surface area contributed by atoms with Crippen molar-refractivity contribution in [3.8, 4) is 0 Å². The fraction of sp³-hybridized carbons (Fsp3) is 0.667. The molecule has 18 heavy (non-hydrogen) atoms. The van der Waals surface area contributed by atoms with Gasteiger partial charge in [-0.1, -0.05) is 13.8 Å². The van der Waals surface area contributed by atoms with Gasteiger partial charge in [-0.05, 0) is 6.92 Å². The van der Waals surface area contributed by atoms with E-state index in [1.807, 2.05) is 20.8 Å². The molecule has 0 aliphatic heterocycles. The lowest BCUT2D eigenvalue weighted by Crippen LogP contribution is -2.28. The molecule has 1 aromatic rings. The van der Waals surface area contributed by atoms with Gasteiger partial charge < -0.3 is 20.8 Å². The van der Waals surface area contributed by atoms with Crippen molar-refractivity contribution in [3.05, 3.63) is 11.9 Å². The Hall–Kier alpha value is -1.40. The summed E-state index contributed by atoms with van der Waals surface area (Å²) in [6.07, 6.45) is 0. The van der Waals surface area contributed by atoms with Crippen LogP contribution in [0.25, 0.3) is 0 Å². The predicted molar refractivity (Wildman–Crippen MR) is 71.9 cm³/mol. The van der Waals surface area contributed by atoms with Gasteiger partial charge in [0.1, 0.15) is 17.5 Å². The fourth-order valence-corrected chi connectivity index (χ4v) is 1.43. The van der Waals surface area contributed by atoms with Crippen molar-refractivity contribution in [1.29, 1.82) is 0 Å². The van der Waals surface area contributed by atoms with Crippen molar-refractivity contribution in [3.63, 3.8) is 0 Å². The van der Waals surface area contributed by atoms with Crippen molar-refractivity contribution in [2.75, 3.05) is 30.4 Å². The number of nitrogens with zero attached hydrogens (tertiary/aromatic N) is 2. The molecule has 0 saturated heterocycles. The van der Waals surface area contributed by atoms with Gasteiger partial charge in [-0.3, -0.25) is 0 Å². The number of nitrogens with one attached hydrogen (secondary N) is 2. The lowest BCUT2D eigenvalue weighted by atomic mass is 10.2. The summed E-state index contributed by atoms with van der Waals surface area (Å²) in [6, 6.07) is 1.36. The average Bonchev–Trinajstić information content (AvgIpc) is 2.36. The minimum absolute atomic E-state index is 0.145. The van der Waals surface area contributed by atoms with Crippen LogP contribution in [0.1, 0.15) is 32.5 Å². The Morgan fingerprint density at radius 2 is 1.78 bits per heavy atom. The van der Waals surface area contributed by atoms with Gasteiger partial charge in [0.25, 0.3) is 0 Å². The van der Waals surface area contributed by atoms with E-state index in [2.05, 4.69) is 20.6 Å². The van der Waals surface area contributed by atoms with Crippen LogP contribution in [0.15, 0.2) is 6.07 Å². The van der Waals surface area contributed by atoms with Gasteiger partial charge in [0.15, 0.2) is 0 Å². The lowest BCUT2D eigenvalue weighted by molar-refractivity contribution is 0.203. The first-order valence-electron chi connectivity index (χ1n) is 6.21. The minimum Gasteiger partial charge on any atom is -0.394 e. The predicted octanol–water partition coefficient (Wildman–Crippen LogP) is 0.797. The van der Waals surface area contributed by atoms with Crippen molar-refractivity contribution >= 4 is 11.6 Å². The molecule has 0 aliphatic rings. The van der Waals surface area contributed by atoms with Crippen LogP contribution in [0.3, 0.4) is 0 Å². The summed E-state index contributed by atoms with van der Waals surface area (Å²) >= 11 is 0. The number of rotatable bonds is 7. The highest BCUT2D eigenvalue weighted by molar-refractivity contribution is 5.48. The lowest BCUT2D eigenvalue weighted by Gasteiger charge is -2.16. The third-order valence-corrected chi connectivity index (χ3v) is 2.41. The molecule has 102 valence electrons. The summed E-state index contributed by atoms with van der Waals surface area (Å²) in [4.78, 5) is 8.76. The number of anilines is 2. The first-order valence-corrected chi connectivity index (χ1v) is 6.21. The summed E-state index contributed by atoms with van der Waals surface area (Å²) in [6.45, 7) is 6.52. The van der Waals surface area contributed by atoms with Gasteiger partial charge in [-0.2, -0.15) is 0 Å². The van der Waals surface area contributed by atoms with Gasteiger partial charge in [0.2, 0.25) is 0 Å². The highest BCUT2D eigenvalue weighted by atomic mass is 16.3. The Bertz CT molecular complexity index is 367. The van der Waals surface area contributed by atoms with Crippen LogP contribution in [0.2, 0.25) is 0 Å². The van der Waals surface area contributed by atoms with E-state index in [0.717, 1.165) is 18.2 Å². The molecular formula is C12H22N4O2. The topological polar surface area (TPSA) is 90.3 Å². The molecule has 0 amide bonds. The summed E-state index contributed by atoms with van der Waals surface area (Å²) in [5.41, 5.74) is 0. The highest BCUT2D eigenvalue weighted by Crippen LogP contribution is 2.17. The first kappa shape index (κ1) is 14.7. The molecule has 1 heterocycles. The van der Waals surface area contributed by atoms with Crippen LogP contribution in [-0.2, 0) is 0 Å². The zero-order valence-electron chi connectivity index (χ0n) is 11.1.